The third kappa shape index (κ3) is 3.98. The van der Waals surface area contributed by atoms with E-state index in [0.717, 1.165) is 35.6 Å². The fraction of sp³-hybridized carbons (Fsp3) is 0.286. The molecule has 0 saturated heterocycles. The summed E-state index contributed by atoms with van der Waals surface area (Å²) < 4.78 is 79.7. The molecular weight excluding hydrogens is 434 g/mol. The summed E-state index contributed by atoms with van der Waals surface area (Å²) in [5.74, 6) is -0.701. The van der Waals surface area contributed by atoms with E-state index in [9.17, 15) is 26.0 Å². The summed E-state index contributed by atoms with van der Waals surface area (Å²) in [5.41, 5.74) is -0.343. The first kappa shape index (κ1) is 19.4. The SMILES string of the molecule is CCN(C(c1ccc(F)cc1)C(F)(F)F)S(=O)(=O)c1cc(Br)cs1. The zero-order valence-corrected chi connectivity index (χ0v) is 15.4. The molecular formula is C14H12BrF4NO2S2. The van der Waals surface area contributed by atoms with Crippen LogP contribution in [-0.4, -0.2) is 25.4 Å². The summed E-state index contributed by atoms with van der Waals surface area (Å²) in [6, 6.07) is 2.48. The molecule has 0 N–H and O–H groups in total. The van der Waals surface area contributed by atoms with E-state index in [-0.39, 0.29) is 16.3 Å². The molecule has 0 saturated carbocycles. The first-order valence-corrected chi connectivity index (χ1v) is 9.76. The van der Waals surface area contributed by atoms with Crippen LogP contribution in [0.2, 0.25) is 0 Å². The monoisotopic (exact) mass is 445 g/mol. The zero-order valence-electron chi connectivity index (χ0n) is 12.2. The van der Waals surface area contributed by atoms with Crippen molar-refractivity contribution < 1.29 is 26.0 Å². The number of sulfonamides is 1. The average Bonchev–Trinajstić information content (AvgIpc) is 2.92. The Morgan fingerprint density at radius 1 is 1.25 bits per heavy atom. The van der Waals surface area contributed by atoms with Crippen molar-refractivity contribution >= 4 is 37.3 Å². The molecule has 1 aromatic carbocycles. The number of rotatable bonds is 5. The van der Waals surface area contributed by atoms with Gasteiger partial charge in [0.2, 0.25) is 0 Å². The molecule has 1 unspecified atom stereocenters. The summed E-state index contributed by atoms with van der Waals surface area (Å²) >= 11 is 3.91. The van der Waals surface area contributed by atoms with Crippen LogP contribution in [-0.2, 0) is 10.0 Å². The molecule has 2 rings (SSSR count). The number of thiophene rings is 1. The molecule has 24 heavy (non-hydrogen) atoms. The van der Waals surface area contributed by atoms with E-state index in [0.29, 0.717) is 8.78 Å². The first-order chi connectivity index (χ1) is 11.1. The fourth-order valence-corrected chi connectivity index (χ4v) is 5.79. The highest BCUT2D eigenvalue weighted by Gasteiger charge is 2.49. The van der Waals surface area contributed by atoms with Gasteiger partial charge >= 0.3 is 6.18 Å². The molecule has 0 amide bonds. The van der Waals surface area contributed by atoms with E-state index in [1.54, 1.807) is 0 Å². The van der Waals surface area contributed by atoms with Crippen LogP contribution in [0.5, 0.6) is 0 Å². The number of hydrogen-bond donors (Lipinski definition) is 0. The van der Waals surface area contributed by atoms with Gasteiger partial charge < -0.3 is 0 Å². The molecule has 0 aliphatic rings. The number of halogens is 5. The Morgan fingerprint density at radius 2 is 1.83 bits per heavy atom. The number of alkyl halides is 3. The van der Waals surface area contributed by atoms with Crippen LogP contribution in [0.1, 0.15) is 18.5 Å². The fourth-order valence-electron chi connectivity index (χ4n) is 2.20. The molecule has 1 heterocycles. The first-order valence-electron chi connectivity index (χ1n) is 6.65. The molecule has 0 spiro atoms. The number of nitrogens with zero attached hydrogens (tertiary/aromatic N) is 1. The van der Waals surface area contributed by atoms with Gasteiger partial charge in [-0.05, 0) is 39.7 Å². The van der Waals surface area contributed by atoms with Crippen molar-refractivity contribution in [1.29, 1.82) is 0 Å². The van der Waals surface area contributed by atoms with Crippen molar-refractivity contribution in [3.8, 4) is 0 Å². The smallest absolute Gasteiger partial charge is 0.207 e. The molecule has 0 fully saturated rings. The number of hydrogen-bond acceptors (Lipinski definition) is 3. The summed E-state index contributed by atoms with van der Waals surface area (Å²) in [7, 11) is -4.36. The Hall–Kier alpha value is -0.970. The van der Waals surface area contributed by atoms with Gasteiger partial charge in [-0.25, -0.2) is 12.8 Å². The highest BCUT2D eigenvalue weighted by molar-refractivity contribution is 9.10. The molecule has 3 nitrogen and oxygen atoms in total. The third-order valence-electron chi connectivity index (χ3n) is 3.20. The Bertz CT molecular complexity index is 803. The lowest BCUT2D eigenvalue weighted by Gasteiger charge is -2.31. The van der Waals surface area contributed by atoms with Crippen molar-refractivity contribution in [2.45, 2.75) is 23.4 Å². The van der Waals surface area contributed by atoms with Gasteiger partial charge in [0.1, 0.15) is 16.1 Å². The van der Waals surface area contributed by atoms with Gasteiger partial charge in [-0.1, -0.05) is 19.1 Å². The van der Waals surface area contributed by atoms with E-state index in [1.165, 1.54) is 18.4 Å². The van der Waals surface area contributed by atoms with Crippen molar-refractivity contribution in [3.05, 3.63) is 51.6 Å². The van der Waals surface area contributed by atoms with E-state index in [4.69, 9.17) is 0 Å². The quantitative estimate of drug-likeness (QED) is 0.609. The average molecular weight is 446 g/mol. The molecule has 0 aliphatic heterocycles. The van der Waals surface area contributed by atoms with Gasteiger partial charge in [-0.15, -0.1) is 11.3 Å². The largest absolute Gasteiger partial charge is 0.409 e. The minimum atomic E-state index is -4.85. The predicted molar refractivity (Wildman–Crippen MR) is 86.8 cm³/mol. The summed E-state index contributed by atoms with van der Waals surface area (Å²) in [4.78, 5) is 0. The van der Waals surface area contributed by atoms with Crippen LogP contribution in [0.25, 0.3) is 0 Å². The van der Waals surface area contributed by atoms with Gasteiger partial charge in [0.15, 0.2) is 0 Å². The van der Waals surface area contributed by atoms with Crippen LogP contribution >= 0.6 is 27.3 Å². The summed E-state index contributed by atoms with van der Waals surface area (Å²) in [5, 5.41) is 1.47. The Morgan fingerprint density at radius 3 is 2.25 bits per heavy atom. The molecule has 0 bridgehead atoms. The van der Waals surface area contributed by atoms with E-state index >= 15 is 0 Å². The summed E-state index contributed by atoms with van der Waals surface area (Å²) in [6.45, 7) is 0.932. The van der Waals surface area contributed by atoms with Crippen molar-refractivity contribution in [2.75, 3.05) is 6.54 Å². The van der Waals surface area contributed by atoms with Crippen molar-refractivity contribution in [2.24, 2.45) is 0 Å². The van der Waals surface area contributed by atoms with Gasteiger partial charge in [-0.2, -0.15) is 17.5 Å². The number of benzene rings is 1. The van der Waals surface area contributed by atoms with Crippen molar-refractivity contribution in [1.82, 2.24) is 4.31 Å². The minimum Gasteiger partial charge on any atom is -0.207 e. The lowest BCUT2D eigenvalue weighted by molar-refractivity contribution is -0.173. The van der Waals surface area contributed by atoms with Crippen LogP contribution in [0.15, 0.2) is 44.4 Å². The van der Waals surface area contributed by atoms with Crippen LogP contribution in [0.4, 0.5) is 17.6 Å². The molecule has 2 aromatic rings. The molecule has 132 valence electrons. The van der Waals surface area contributed by atoms with Crippen LogP contribution in [0.3, 0.4) is 0 Å². The Kier molecular flexibility index (Phi) is 5.73. The van der Waals surface area contributed by atoms with E-state index in [2.05, 4.69) is 15.9 Å². The van der Waals surface area contributed by atoms with Gasteiger partial charge in [0.25, 0.3) is 10.0 Å². The lowest BCUT2D eigenvalue weighted by atomic mass is 10.1. The van der Waals surface area contributed by atoms with Crippen LogP contribution in [0, 0.1) is 5.82 Å². The molecule has 0 aliphatic carbocycles. The van der Waals surface area contributed by atoms with Crippen LogP contribution < -0.4 is 0 Å². The van der Waals surface area contributed by atoms with Gasteiger partial charge in [0, 0.05) is 16.4 Å². The highest BCUT2D eigenvalue weighted by atomic mass is 79.9. The maximum absolute atomic E-state index is 13.6. The summed E-state index contributed by atoms with van der Waals surface area (Å²) in [6.07, 6.45) is -4.85. The maximum Gasteiger partial charge on any atom is 0.409 e. The topological polar surface area (TPSA) is 37.4 Å². The second-order valence-corrected chi connectivity index (χ2v) is 8.73. The van der Waals surface area contributed by atoms with E-state index < -0.39 is 28.1 Å². The molecule has 1 aromatic heterocycles. The van der Waals surface area contributed by atoms with Crippen molar-refractivity contribution in [3.63, 3.8) is 0 Å². The Labute approximate surface area is 149 Å². The normalized spacial score (nSPS) is 14.1. The van der Waals surface area contributed by atoms with Gasteiger partial charge in [0.05, 0.1) is 0 Å². The standard InChI is InChI=1S/C14H12BrF4NO2S2/c1-2-20(24(21,22)12-7-10(15)8-23-12)13(14(17,18)19)9-3-5-11(16)6-4-9/h3-8,13H,2H2,1H3. The third-order valence-corrected chi connectivity index (χ3v) is 7.32. The second-order valence-electron chi connectivity index (χ2n) is 4.79. The predicted octanol–water partition coefficient (Wildman–Crippen LogP) is 4.96. The maximum atomic E-state index is 13.6. The lowest BCUT2D eigenvalue weighted by Crippen LogP contribution is -2.42. The molecule has 0 radical (unpaired) electrons. The Balaban J connectivity index is 2.56. The molecule has 10 heteroatoms. The van der Waals surface area contributed by atoms with Gasteiger partial charge in [-0.3, -0.25) is 0 Å². The van der Waals surface area contributed by atoms with E-state index in [1.807, 2.05) is 0 Å². The zero-order chi connectivity index (χ0) is 18.1. The molecule has 1 atom stereocenters. The second kappa shape index (κ2) is 7.11. The minimum absolute atomic E-state index is 0.201. The highest BCUT2D eigenvalue weighted by Crippen LogP contribution is 2.41.